The van der Waals surface area contributed by atoms with Gasteiger partial charge in [0.15, 0.2) is 5.82 Å². The Bertz CT molecular complexity index is 822. The van der Waals surface area contributed by atoms with E-state index < -0.39 is 17.4 Å². The number of carbonyl (C=O) groups is 2. The summed E-state index contributed by atoms with van der Waals surface area (Å²) in [6.45, 7) is 1.54. The molecule has 0 unspecified atom stereocenters. The van der Waals surface area contributed by atoms with E-state index in [1.807, 2.05) is 22.9 Å². The predicted molar refractivity (Wildman–Crippen MR) is 94.5 cm³/mol. The number of aromatic nitrogens is 1. The van der Waals surface area contributed by atoms with Gasteiger partial charge in [0.25, 0.3) is 0 Å². The first-order valence-corrected chi connectivity index (χ1v) is 9.08. The summed E-state index contributed by atoms with van der Waals surface area (Å²) < 4.78 is 4.82. The van der Waals surface area contributed by atoms with Crippen LogP contribution in [0.2, 0.25) is 0 Å². The fraction of sp³-hybridized carbons (Fsp3) is 0.188. The molecule has 3 aromatic rings. The lowest BCUT2D eigenvalue weighted by atomic mass is 10.00. The number of carbonyl (C=O) groups excluding carboxylic acids is 2. The first-order valence-electron chi connectivity index (χ1n) is 7.32. The smallest absolute Gasteiger partial charge is 0.314 e. The third-order valence-electron chi connectivity index (χ3n) is 3.44. The van der Waals surface area contributed by atoms with Crippen molar-refractivity contribution in [2.24, 2.45) is 0 Å². The maximum atomic E-state index is 12.1. The molecule has 9 heteroatoms. The van der Waals surface area contributed by atoms with E-state index in [1.54, 1.807) is 19.1 Å². The van der Waals surface area contributed by atoms with Crippen molar-refractivity contribution in [3.8, 4) is 0 Å². The maximum absolute atomic E-state index is 12.1. The lowest BCUT2D eigenvalue weighted by molar-refractivity contribution is -0.136. The number of nitrogens with zero attached hydrogens (tertiary/aromatic N) is 1. The van der Waals surface area contributed by atoms with E-state index in [0.29, 0.717) is 15.5 Å². The fourth-order valence-corrected chi connectivity index (χ4v) is 3.95. The third-order valence-corrected chi connectivity index (χ3v) is 5.48. The van der Waals surface area contributed by atoms with Crippen LogP contribution in [0.15, 0.2) is 45.6 Å². The SMILES string of the molecule is Cc1cc(NC(=O)C(=O)NCC(O)(c2cccs2)c2cccs2)no1. The molecule has 2 amide bonds. The molecule has 0 aromatic carbocycles. The van der Waals surface area contributed by atoms with Crippen LogP contribution in [0.5, 0.6) is 0 Å². The van der Waals surface area contributed by atoms with Crippen molar-refractivity contribution in [3.05, 3.63) is 56.6 Å². The predicted octanol–water partition coefficient (Wildman–Crippen LogP) is 2.10. The Morgan fingerprint density at radius 2 is 1.84 bits per heavy atom. The van der Waals surface area contributed by atoms with Crippen LogP contribution in [0.4, 0.5) is 5.82 Å². The number of aryl methyl sites for hydroxylation is 1. The van der Waals surface area contributed by atoms with Crippen molar-refractivity contribution in [3.63, 3.8) is 0 Å². The van der Waals surface area contributed by atoms with Gasteiger partial charge in [0.2, 0.25) is 0 Å². The van der Waals surface area contributed by atoms with Gasteiger partial charge < -0.3 is 14.9 Å². The van der Waals surface area contributed by atoms with Gasteiger partial charge in [0.1, 0.15) is 11.4 Å². The van der Waals surface area contributed by atoms with Gasteiger partial charge in [-0.2, -0.15) is 0 Å². The number of hydrogen-bond acceptors (Lipinski definition) is 7. The van der Waals surface area contributed by atoms with Crippen LogP contribution < -0.4 is 10.6 Å². The Labute approximate surface area is 151 Å². The zero-order valence-electron chi connectivity index (χ0n) is 13.2. The zero-order valence-corrected chi connectivity index (χ0v) is 14.8. The molecule has 0 radical (unpaired) electrons. The highest BCUT2D eigenvalue weighted by Crippen LogP contribution is 2.34. The molecule has 0 spiro atoms. The highest BCUT2D eigenvalue weighted by molar-refractivity contribution is 7.11. The number of rotatable bonds is 5. The van der Waals surface area contributed by atoms with Gasteiger partial charge in [0, 0.05) is 15.8 Å². The first-order chi connectivity index (χ1) is 12.0. The van der Waals surface area contributed by atoms with Gasteiger partial charge in [-0.15, -0.1) is 22.7 Å². The van der Waals surface area contributed by atoms with Gasteiger partial charge in [-0.1, -0.05) is 17.3 Å². The molecule has 7 nitrogen and oxygen atoms in total. The van der Waals surface area contributed by atoms with Crippen molar-refractivity contribution >= 4 is 40.3 Å². The summed E-state index contributed by atoms with van der Waals surface area (Å²) in [4.78, 5) is 25.4. The highest BCUT2D eigenvalue weighted by atomic mass is 32.1. The number of amides is 2. The zero-order chi connectivity index (χ0) is 17.9. The largest absolute Gasteiger partial charge is 0.377 e. The molecular weight excluding hydrogens is 362 g/mol. The molecule has 0 aliphatic carbocycles. The van der Waals surface area contributed by atoms with E-state index in [0.717, 1.165) is 0 Å². The second-order valence-corrected chi connectivity index (χ2v) is 7.17. The van der Waals surface area contributed by atoms with E-state index >= 15 is 0 Å². The van der Waals surface area contributed by atoms with Crippen LogP contribution >= 0.6 is 22.7 Å². The maximum Gasteiger partial charge on any atom is 0.314 e. The van der Waals surface area contributed by atoms with Crippen molar-refractivity contribution in [2.45, 2.75) is 12.5 Å². The average Bonchev–Trinajstić information content (AvgIpc) is 3.34. The quantitative estimate of drug-likeness (QED) is 0.591. The molecule has 0 aliphatic rings. The molecule has 25 heavy (non-hydrogen) atoms. The van der Waals surface area contributed by atoms with Crippen molar-refractivity contribution < 1.29 is 19.2 Å². The van der Waals surface area contributed by atoms with Gasteiger partial charge in [0.05, 0.1) is 6.54 Å². The third kappa shape index (κ3) is 3.78. The summed E-state index contributed by atoms with van der Waals surface area (Å²) in [7, 11) is 0. The normalized spacial score (nSPS) is 11.3. The van der Waals surface area contributed by atoms with Crippen LogP contribution in [0.1, 0.15) is 15.5 Å². The van der Waals surface area contributed by atoms with Gasteiger partial charge in [-0.25, -0.2) is 0 Å². The Morgan fingerprint density at radius 3 is 2.32 bits per heavy atom. The van der Waals surface area contributed by atoms with E-state index in [2.05, 4.69) is 15.8 Å². The Kier molecular flexibility index (Phi) is 4.98. The van der Waals surface area contributed by atoms with Crippen LogP contribution in [0.25, 0.3) is 0 Å². The molecule has 0 saturated carbocycles. The number of nitrogens with one attached hydrogen (secondary N) is 2. The van der Waals surface area contributed by atoms with E-state index in [1.165, 1.54) is 28.7 Å². The van der Waals surface area contributed by atoms with Crippen LogP contribution in [-0.2, 0) is 15.2 Å². The number of thiophene rings is 2. The number of aliphatic hydroxyl groups is 1. The minimum absolute atomic E-state index is 0.127. The molecule has 0 aliphatic heterocycles. The van der Waals surface area contributed by atoms with Crippen LogP contribution in [0, 0.1) is 6.92 Å². The molecule has 0 fully saturated rings. The van der Waals surface area contributed by atoms with Crippen molar-refractivity contribution in [1.29, 1.82) is 0 Å². The second kappa shape index (κ2) is 7.18. The summed E-state index contributed by atoms with van der Waals surface area (Å²) in [6, 6.07) is 8.71. The van der Waals surface area contributed by atoms with Crippen molar-refractivity contribution in [2.75, 3.05) is 11.9 Å². The Balaban J connectivity index is 1.69. The van der Waals surface area contributed by atoms with Gasteiger partial charge in [-0.3, -0.25) is 14.9 Å². The van der Waals surface area contributed by atoms with E-state index in [-0.39, 0.29) is 12.4 Å². The summed E-state index contributed by atoms with van der Waals surface area (Å²) in [5.41, 5.74) is -1.39. The standard InChI is InChI=1S/C16H15N3O4S2/c1-10-8-13(19-23-10)18-15(21)14(20)17-9-16(22,11-4-2-6-24-11)12-5-3-7-25-12/h2-8,22H,9H2,1H3,(H,17,20)(H,18,19,21). The van der Waals surface area contributed by atoms with Crippen LogP contribution in [0.3, 0.4) is 0 Å². The van der Waals surface area contributed by atoms with Gasteiger partial charge in [-0.05, 0) is 29.8 Å². The average molecular weight is 377 g/mol. The van der Waals surface area contributed by atoms with Gasteiger partial charge >= 0.3 is 11.8 Å². The van der Waals surface area contributed by atoms with Crippen LogP contribution in [-0.4, -0.2) is 28.6 Å². The van der Waals surface area contributed by atoms with E-state index in [9.17, 15) is 14.7 Å². The molecule has 3 N–H and O–H groups in total. The summed E-state index contributed by atoms with van der Waals surface area (Å²) in [6.07, 6.45) is 0. The Hall–Kier alpha value is -2.49. The first kappa shape index (κ1) is 17.3. The lowest BCUT2D eigenvalue weighted by Crippen LogP contribution is -2.44. The molecule has 0 bridgehead atoms. The van der Waals surface area contributed by atoms with Crippen molar-refractivity contribution in [1.82, 2.24) is 10.5 Å². The molecule has 3 heterocycles. The second-order valence-electron chi connectivity index (χ2n) is 5.27. The molecule has 0 atom stereocenters. The summed E-state index contributed by atoms with van der Waals surface area (Å²) >= 11 is 2.75. The Morgan fingerprint density at radius 1 is 1.20 bits per heavy atom. The summed E-state index contributed by atoms with van der Waals surface area (Å²) in [5.74, 6) is -1.08. The molecule has 3 aromatic heterocycles. The number of anilines is 1. The fourth-order valence-electron chi connectivity index (χ4n) is 2.21. The molecule has 3 rings (SSSR count). The van der Waals surface area contributed by atoms with E-state index in [4.69, 9.17) is 4.52 Å². The minimum Gasteiger partial charge on any atom is -0.377 e. The minimum atomic E-state index is -1.39. The molecule has 130 valence electrons. The molecular formula is C16H15N3O4S2. The number of hydrogen-bond donors (Lipinski definition) is 3. The molecule has 0 saturated heterocycles. The topological polar surface area (TPSA) is 104 Å². The highest BCUT2D eigenvalue weighted by Gasteiger charge is 2.35. The monoisotopic (exact) mass is 377 g/mol. The lowest BCUT2D eigenvalue weighted by Gasteiger charge is -2.26. The summed E-state index contributed by atoms with van der Waals surface area (Å²) in [5, 5.41) is 23.2.